The molecule has 2 rings (SSSR count). The first-order valence-corrected chi connectivity index (χ1v) is 6.59. The summed E-state index contributed by atoms with van der Waals surface area (Å²) in [5.74, 6) is 0. The summed E-state index contributed by atoms with van der Waals surface area (Å²) >= 11 is 6.12. The first kappa shape index (κ1) is 10.6. The molecule has 72 valence electrons. The van der Waals surface area contributed by atoms with E-state index in [2.05, 4.69) is 45.2 Å². The molecule has 0 aliphatic carbocycles. The molecule has 14 heavy (non-hydrogen) atoms. The largest absolute Gasteiger partial charge is 0.270 e. The van der Waals surface area contributed by atoms with Gasteiger partial charge in [0.15, 0.2) is 0 Å². The number of fused-ring (bicyclic) bond motifs is 1. The van der Waals surface area contributed by atoms with Gasteiger partial charge < -0.3 is 0 Å². The highest BCUT2D eigenvalue weighted by Gasteiger charge is 2.12. The Kier molecular flexibility index (Phi) is 2.93. The van der Waals surface area contributed by atoms with Gasteiger partial charge in [0.2, 0.25) is 0 Å². The summed E-state index contributed by atoms with van der Waals surface area (Å²) in [6.07, 6.45) is 0. The molecule has 1 heterocycles. The second-order valence-electron chi connectivity index (χ2n) is 2.63. The maximum atomic E-state index is 10.6. The van der Waals surface area contributed by atoms with Crippen molar-refractivity contribution in [1.82, 2.24) is 0 Å². The van der Waals surface area contributed by atoms with Crippen molar-refractivity contribution in [1.29, 1.82) is 0 Å². The lowest BCUT2D eigenvalue weighted by Crippen LogP contribution is -1.86. The number of hydrogen-bond donors (Lipinski definition) is 0. The molecule has 0 N–H and O–H groups in total. The van der Waals surface area contributed by atoms with Crippen LogP contribution in [-0.2, 0) is 0 Å². The number of hydrogen-bond acceptors (Lipinski definition) is 3. The van der Waals surface area contributed by atoms with Crippen LogP contribution in [-0.4, -0.2) is 4.92 Å². The van der Waals surface area contributed by atoms with Gasteiger partial charge in [-0.3, -0.25) is 10.1 Å². The maximum Gasteiger partial charge on any atom is 0.270 e. The lowest BCUT2D eigenvalue weighted by atomic mass is 10.2. The predicted octanol–water partition coefficient (Wildman–Crippen LogP) is 4.02. The molecule has 0 saturated heterocycles. The smallest absolute Gasteiger partial charge is 0.258 e. The van der Waals surface area contributed by atoms with Crippen molar-refractivity contribution >= 4 is 72.3 Å². The maximum absolute atomic E-state index is 10.6. The fourth-order valence-electron chi connectivity index (χ4n) is 1.14. The summed E-state index contributed by atoms with van der Waals surface area (Å²) < 4.78 is 3.38. The number of nitrogens with zero attached hydrogens (tertiary/aromatic N) is 1. The third-order valence-electron chi connectivity index (χ3n) is 1.78. The Morgan fingerprint density at radius 1 is 1.36 bits per heavy atom. The van der Waals surface area contributed by atoms with Gasteiger partial charge in [0.1, 0.15) is 0 Å². The second kappa shape index (κ2) is 3.89. The van der Waals surface area contributed by atoms with Crippen molar-refractivity contribution < 1.29 is 4.92 Å². The standard InChI is InChI=1S/C8H3I2NO2S/c9-7-5-3-4(11(12)13)1-2-6(5)14-8(7)10/h1-3H. The normalized spacial score (nSPS) is 10.7. The van der Waals surface area contributed by atoms with E-state index in [1.165, 1.54) is 2.88 Å². The fourth-order valence-corrected chi connectivity index (χ4v) is 3.90. The average Bonchev–Trinajstić information content (AvgIpc) is 2.43. The molecule has 0 atom stereocenters. The van der Waals surface area contributed by atoms with Gasteiger partial charge in [-0.25, -0.2) is 0 Å². The minimum Gasteiger partial charge on any atom is -0.258 e. The molecular weight excluding hydrogens is 428 g/mol. The van der Waals surface area contributed by atoms with Crippen LogP contribution in [0, 0.1) is 16.6 Å². The van der Waals surface area contributed by atoms with Gasteiger partial charge in [0, 0.05) is 25.8 Å². The van der Waals surface area contributed by atoms with Gasteiger partial charge in [0.05, 0.1) is 7.81 Å². The topological polar surface area (TPSA) is 43.1 Å². The van der Waals surface area contributed by atoms with Gasteiger partial charge in [0.25, 0.3) is 5.69 Å². The fraction of sp³-hybridized carbons (Fsp3) is 0. The average molecular weight is 431 g/mol. The molecular formula is C8H3I2NO2S. The Labute approximate surface area is 111 Å². The number of benzene rings is 1. The molecule has 6 heteroatoms. The summed E-state index contributed by atoms with van der Waals surface area (Å²) in [5.41, 5.74) is 0.157. The van der Waals surface area contributed by atoms with Gasteiger partial charge in [-0.1, -0.05) is 0 Å². The summed E-state index contributed by atoms with van der Waals surface area (Å²) in [7, 11) is 0. The monoisotopic (exact) mass is 431 g/mol. The number of nitro groups is 1. The molecule has 0 unspecified atom stereocenters. The van der Waals surface area contributed by atoms with Crippen molar-refractivity contribution in [2.24, 2.45) is 0 Å². The molecule has 0 spiro atoms. The zero-order valence-electron chi connectivity index (χ0n) is 6.66. The highest BCUT2D eigenvalue weighted by atomic mass is 127. The molecule has 0 bridgehead atoms. The number of thiophene rings is 1. The Bertz CT molecular complexity index is 523. The van der Waals surface area contributed by atoms with Gasteiger partial charge in [-0.05, 0) is 51.2 Å². The van der Waals surface area contributed by atoms with E-state index in [4.69, 9.17) is 0 Å². The van der Waals surface area contributed by atoms with Gasteiger partial charge in [-0.2, -0.15) is 0 Å². The van der Waals surface area contributed by atoms with Crippen molar-refractivity contribution in [3.8, 4) is 0 Å². The quantitative estimate of drug-likeness (QED) is 0.389. The first-order valence-electron chi connectivity index (χ1n) is 3.61. The number of non-ortho nitro benzene ring substituents is 1. The Hall–Kier alpha value is 0.0400. The van der Waals surface area contributed by atoms with Crippen LogP contribution < -0.4 is 0 Å². The van der Waals surface area contributed by atoms with Crippen LogP contribution in [0.2, 0.25) is 0 Å². The van der Waals surface area contributed by atoms with Crippen molar-refractivity contribution in [2.45, 2.75) is 0 Å². The molecule has 0 aliphatic heterocycles. The van der Waals surface area contributed by atoms with E-state index in [0.717, 1.165) is 13.7 Å². The minimum atomic E-state index is -0.361. The number of rotatable bonds is 1. The molecule has 0 fully saturated rings. The molecule has 1 aromatic carbocycles. The van der Waals surface area contributed by atoms with Crippen LogP contribution in [0.15, 0.2) is 18.2 Å². The van der Waals surface area contributed by atoms with Crippen LogP contribution in [0.3, 0.4) is 0 Å². The van der Waals surface area contributed by atoms with Gasteiger partial charge in [-0.15, -0.1) is 11.3 Å². The van der Waals surface area contributed by atoms with E-state index in [1.54, 1.807) is 23.5 Å². The second-order valence-corrected chi connectivity index (χ2v) is 6.57. The van der Waals surface area contributed by atoms with E-state index >= 15 is 0 Å². The lowest BCUT2D eigenvalue weighted by Gasteiger charge is -1.91. The van der Waals surface area contributed by atoms with Crippen LogP contribution in [0.5, 0.6) is 0 Å². The first-order chi connectivity index (χ1) is 6.59. The van der Waals surface area contributed by atoms with Crippen LogP contribution in [0.1, 0.15) is 0 Å². The highest BCUT2D eigenvalue weighted by Crippen LogP contribution is 2.35. The molecule has 1 aromatic heterocycles. The Balaban J connectivity index is 2.76. The van der Waals surface area contributed by atoms with Gasteiger partial charge >= 0.3 is 0 Å². The van der Waals surface area contributed by atoms with Crippen molar-refractivity contribution in [3.63, 3.8) is 0 Å². The molecule has 0 aliphatic rings. The molecule has 0 amide bonds. The van der Waals surface area contributed by atoms with Crippen LogP contribution in [0.25, 0.3) is 10.1 Å². The highest BCUT2D eigenvalue weighted by molar-refractivity contribution is 14.1. The minimum absolute atomic E-state index is 0.157. The summed E-state index contributed by atoms with van der Waals surface area (Å²) in [4.78, 5) is 10.2. The number of nitro benzene ring substituents is 1. The zero-order chi connectivity index (χ0) is 10.3. The summed E-state index contributed by atoms with van der Waals surface area (Å²) in [5, 5.41) is 11.5. The zero-order valence-corrected chi connectivity index (χ0v) is 11.8. The number of halogens is 2. The molecule has 3 nitrogen and oxygen atoms in total. The van der Waals surface area contributed by atoms with E-state index in [-0.39, 0.29) is 10.6 Å². The van der Waals surface area contributed by atoms with Crippen LogP contribution >= 0.6 is 56.5 Å². The SMILES string of the molecule is O=[N+]([O-])c1ccc2sc(I)c(I)c2c1. The molecule has 0 saturated carbocycles. The Morgan fingerprint density at radius 3 is 2.71 bits per heavy atom. The van der Waals surface area contributed by atoms with E-state index in [0.29, 0.717) is 0 Å². The van der Waals surface area contributed by atoms with E-state index in [9.17, 15) is 10.1 Å². The lowest BCUT2D eigenvalue weighted by molar-refractivity contribution is -0.384. The molecule has 0 radical (unpaired) electrons. The summed E-state index contributed by atoms with van der Waals surface area (Å²) in [6.45, 7) is 0. The van der Waals surface area contributed by atoms with Crippen LogP contribution in [0.4, 0.5) is 5.69 Å². The van der Waals surface area contributed by atoms with E-state index in [1.807, 2.05) is 6.07 Å². The molecule has 2 aromatic rings. The third kappa shape index (κ3) is 1.74. The summed E-state index contributed by atoms with van der Waals surface area (Å²) in [6, 6.07) is 4.99. The third-order valence-corrected chi connectivity index (χ3v) is 6.46. The predicted molar refractivity (Wildman–Crippen MR) is 73.9 cm³/mol. The Morgan fingerprint density at radius 2 is 2.07 bits per heavy atom. The van der Waals surface area contributed by atoms with Crippen molar-refractivity contribution in [2.75, 3.05) is 0 Å². The van der Waals surface area contributed by atoms with E-state index < -0.39 is 0 Å². The van der Waals surface area contributed by atoms with Crippen molar-refractivity contribution in [3.05, 3.63) is 34.8 Å².